The summed E-state index contributed by atoms with van der Waals surface area (Å²) in [5.41, 5.74) is 6.21. The SMILES string of the molecule is Nc1ccccc1NC(=O)c1nc2c(s1)CN(S(=O)(=O)c1cccc(C(F)(F)F)c1)CC2. The molecule has 0 fully saturated rings. The zero-order valence-corrected chi connectivity index (χ0v) is 18.0. The van der Waals surface area contributed by atoms with Gasteiger partial charge < -0.3 is 11.1 Å². The number of carbonyl (C=O) groups is 1. The summed E-state index contributed by atoms with van der Waals surface area (Å²) in [4.78, 5) is 17.0. The van der Waals surface area contributed by atoms with Crippen LogP contribution in [0.2, 0.25) is 0 Å². The molecule has 2 heterocycles. The predicted molar refractivity (Wildman–Crippen MR) is 114 cm³/mol. The first-order valence-corrected chi connectivity index (χ1v) is 11.6. The third kappa shape index (κ3) is 4.33. The van der Waals surface area contributed by atoms with Crippen LogP contribution in [0, 0.1) is 0 Å². The number of fused-ring (bicyclic) bond motifs is 1. The van der Waals surface area contributed by atoms with Crippen molar-refractivity contribution in [3.05, 3.63) is 69.7 Å². The van der Waals surface area contributed by atoms with Crippen LogP contribution >= 0.6 is 11.3 Å². The molecule has 0 radical (unpaired) electrons. The van der Waals surface area contributed by atoms with Crippen molar-refractivity contribution in [3.8, 4) is 0 Å². The second-order valence-electron chi connectivity index (χ2n) is 7.04. The highest BCUT2D eigenvalue weighted by atomic mass is 32.2. The summed E-state index contributed by atoms with van der Waals surface area (Å²) in [7, 11) is -4.16. The number of alkyl halides is 3. The molecule has 3 N–H and O–H groups in total. The molecule has 0 saturated carbocycles. The van der Waals surface area contributed by atoms with Crippen LogP contribution < -0.4 is 11.1 Å². The Morgan fingerprint density at radius 1 is 1.16 bits per heavy atom. The number of nitrogens with one attached hydrogen (secondary N) is 1. The molecule has 0 atom stereocenters. The van der Waals surface area contributed by atoms with E-state index in [9.17, 15) is 26.4 Å². The van der Waals surface area contributed by atoms with E-state index >= 15 is 0 Å². The van der Waals surface area contributed by atoms with Crippen molar-refractivity contribution >= 4 is 38.6 Å². The van der Waals surface area contributed by atoms with E-state index in [0.29, 0.717) is 28.0 Å². The first-order chi connectivity index (χ1) is 15.1. The summed E-state index contributed by atoms with van der Waals surface area (Å²) in [6, 6.07) is 10.4. The van der Waals surface area contributed by atoms with Gasteiger partial charge in [0.2, 0.25) is 10.0 Å². The maximum atomic E-state index is 13.0. The number of amides is 1. The predicted octanol–water partition coefficient (Wildman–Crippen LogP) is 3.74. The van der Waals surface area contributed by atoms with Crippen molar-refractivity contribution in [2.24, 2.45) is 0 Å². The number of aromatic nitrogens is 1. The third-order valence-electron chi connectivity index (χ3n) is 4.90. The van der Waals surface area contributed by atoms with Gasteiger partial charge in [0.1, 0.15) is 0 Å². The van der Waals surface area contributed by atoms with E-state index in [1.807, 2.05) is 0 Å². The molecule has 1 aliphatic heterocycles. The Labute approximate surface area is 185 Å². The van der Waals surface area contributed by atoms with Crippen LogP contribution in [0.25, 0.3) is 0 Å². The van der Waals surface area contributed by atoms with Crippen LogP contribution in [0.1, 0.15) is 25.9 Å². The summed E-state index contributed by atoms with van der Waals surface area (Å²) < 4.78 is 66.0. The second-order valence-corrected chi connectivity index (χ2v) is 10.1. The first-order valence-electron chi connectivity index (χ1n) is 9.37. The molecule has 0 aliphatic carbocycles. The Morgan fingerprint density at radius 2 is 1.91 bits per heavy atom. The molecule has 32 heavy (non-hydrogen) atoms. The number of sulfonamides is 1. The number of nitrogens with zero attached hydrogens (tertiary/aromatic N) is 2. The van der Waals surface area contributed by atoms with Gasteiger partial charge in [-0.15, -0.1) is 11.3 Å². The van der Waals surface area contributed by atoms with E-state index in [4.69, 9.17) is 5.73 Å². The quantitative estimate of drug-likeness (QED) is 0.551. The molecule has 1 aromatic heterocycles. The Hall–Kier alpha value is -2.96. The Bertz CT molecular complexity index is 1290. The van der Waals surface area contributed by atoms with Crippen LogP contribution in [0.5, 0.6) is 0 Å². The van der Waals surface area contributed by atoms with Gasteiger partial charge in [-0.25, -0.2) is 13.4 Å². The van der Waals surface area contributed by atoms with Gasteiger partial charge in [-0.2, -0.15) is 17.5 Å². The van der Waals surface area contributed by atoms with Gasteiger partial charge in [-0.3, -0.25) is 4.79 Å². The molecule has 2 aromatic carbocycles. The largest absolute Gasteiger partial charge is 0.416 e. The van der Waals surface area contributed by atoms with Gasteiger partial charge in [0.25, 0.3) is 5.91 Å². The van der Waals surface area contributed by atoms with Crippen LogP contribution in [0.4, 0.5) is 24.5 Å². The van der Waals surface area contributed by atoms with Crippen molar-refractivity contribution in [3.63, 3.8) is 0 Å². The minimum atomic E-state index is -4.65. The van der Waals surface area contributed by atoms with Gasteiger partial charge in [-0.05, 0) is 30.3 Å². The fraction of sp³-hybridized carbons (Fsp3) is 0.200. The minimum absolute atomic E-state index is 0.0437. The third-order valence-corrected chi connectivity index (χ3v) is 7.82. The number of para-hydroxylation sites is 2. The highest BCUT2D eigenvalue weighted by molar-refractivity contribution is 7.89. The molecule has 0 unspecified atom stereocenters. The van der Waals surface area contributed by atoms with Crippen molar-refractivity contribution in [2.75, 3.05) is 17.6 Å². The maximum absolute atomic E-state index is 13.0. The van der Waals surface area contributed by atoms with Gasteiger partial charge in [0.05, 0.1) is 34.1 Å². The van der Waals surface area contributed by atoms with Crippen molar-refractivity contribution in [1.82, 2.24) is 9.29 Å². The Kier molecular flexibility index (Phi) is 5.69. The van der Waals surface area contributed by atoms with E-state index in [-0.39, 0.29) is 24.5 Å². The number of hydrogen-bond donors (Lipinski definition) is 2. The number of rotatable bonds is 4. The maximum Gasteiger partial charge on any atom is 0.416 e. The molecular weight excluding hydrogens is 465 g/mol. The van der Waals surface area contributed by atoms with Crippen molar-refractivity contribution in [2.45, 2.75) is 24.0 Å². The minimum Gasteiger partial charge on any atom is -0.397 e. The molecule has 7 nitrogen and oxygen atoms in total. The van der Waals surface area contributed by atoms with E-state index < -0.39 is 32.6 Å². The first kappa shape index (κ1) is 22.2. The lowest BCUT2D eigenvalue weighted by Crippen LogP contribution is -2.35. The van der Waals surface area contributed by atoms with Crippen molar-refractivity contribution in [1.29, 1.82) is 0 Å². The van der Waals surface area contributed by atoms with Crippen LogP contribution in [-0.4, -0.2) is 30.2 Å². The fourth-order valence-corrected chi connectivity index (χ4v) is 5.80. The Morgan fingerprint density at radius 3 is 2.62 bits per heavy atom. The summed E-state index contributed by atoms with van der Waals surface area (Å²) in [5.74, 6) is -0.477. The zero-order valence-electron chi connectivity index (χ0n) is 16.4. The summed E-state index contributed by atoms with van der Waals surface area (Å²) >= 11 is 1.04. The summed E-state index contributed by atoms with van der Waals surface area (Å²) in [6.07, 6.45) is -4.41. The average molecular weight is 483 g/mol. The number of carbonyl (C=O) groups excluding carboxylic acids is 1. The number of halogens is 3. The molecule has 1 aliphatic rings. The van der Waals surface area contributed by atoms with Crippen LogP contribution in [0.15, 0.2) is 53.4 Å². The lowest BCUT2D eigenvalue weighted by molar-refractivity contribution is -0.137. The molecule has 0 bridgehead atoms. The normalized spacial score (nSPS) is 14.7. The van der Waals surface area contributed by atoms with Gasteiger partial charge in [0, 0.05) is 17.8 Å². The van der Waals surface area contributed by atoms with Gasteiger partial charge in [-0.1, -0.05) is 18.2 Å². The summed E-state index contributed by atoms with van der Waals surface area (Å²) in [5, 5.41) is 2.82. The molecular formula is C20H17F3N4O3S2. The number of nitrogen functional groups attached to an aromatic ring is 1. The lowest BCUT2D eigenvalue weighted by Gasteiger charge is -2.25. The molecule has 12 heteroatoms. The zero-order chi connectivity index (χ0) is 23.1. The second kappa shape index (κ2) is 8.19. The number of anilines is 2. The fourth-order valence-electron chi connectivity index (χ4n) is 3.24. The molecule has 0 spiro atoms. The van der Waals surface area contributed by atoms with Crippen LogP contribution in [0.3, 0.4) is 0 Å². The standard InChI is InChI=1S/C20H17F3N4O3S2/c21-20(22,23)12-4-3-5-13(10-12)32(29,30)27-9-8-16-17(11-27)31-19(26-16)18(28)25-15-7-2-1-6-14(15)24/h1-7,10H,8-9,11,24H2,(H,25,28). The lowest BCUT2D eigenvalue weighted by atomic mass is 10.2. The highest BCUT2D eigenvalue weighted by Gasteiger charge is 2.35. The topological polar surface area (TPSA) is 105 Å². The van der Waals surface area contributed by atoms with E-state index in [2.05, 4.69) is 10.3 Å². The number of benzene rings is 2. The number of hydrogen-bond acceptors (Lipinski definition) is 6. The van der Waals surface area contributed by atoms with Gasteiger partial charge >= 0.3 is 6.18 Å². The van der Waals surface area contributed by atoms with Crippen LogP contribution in [-0.2, 0) is 29.2 Å². The molecule has 0 saturated heterocycles. The van der Waals surface area contributed by atoms with E-state index in [0.717, 1.165) is 33.8 Å². The smallest absolute Gasteiger partial charge is 0.397 e. The average Bonchev–Trinajstić information content (AvgIpc) is 3.18. The molecule has 3 aromatic rings. The van der Waals surface area contributed by atoms with Gasteiger partial charge in [0.15, 0.2) is 5.01 Å². The monoisotopic (exact) mass is 482 g/mol. The Balaban J connectivity index is 1.55. The number of nitrogens with two attached hydrogens (primary N) is 1. The highest BCUT2D eigenvalue weighted by Crippen LogP contribution is 2.33. The van der Waals surface area contributed by atoms with E-state index in [1.165, 1.54) is 0 Å². The molecule has 168 valence electrons. The van der Waals surface area contributed by atoms with E-state index in [1.54, 1.807) is 24.3 Å². The summed E-state index contributed by atoms with van der Waals surface area (Å²) in [6.45, 7) is -0.0334. The van der Waals surface area contributed by atoms with Crippen molar-refractivity contribution < 1.29 is 26.4 Å². The number of thiazole rings is 1. The molecule has 4 rings (SSSR count). The molecule has 1 amide bonds.